The van der Waals surface area contributed by atoms with Crippen molar-refractivity contribution >= 4 is 12.0 Å². The Bertz CT molecular complexity index is 649. The van der Waals surface area contributed by atoms with Crippen molar-refractivity contribution in [3.8, 4) is 11.5 Å². The van der Waals surface area contributed by atoms with Crippen molar-refractivity contribution in [2.24, 2.45) is 0 Å². The van der Waals surface area contributed by atoms with Gasteiger partial charge in [-0.15, -0.1) is 0 Å². The molecule has 0 amide bonds. The fourth-order valence-electron chi connectivity index (χ4n) is 1.62. The number of aldehydes is 1. The van der Waals surface area contributed by atoms with Crippen molar-refractivity contribution in [3.05, 3.63) is 46.3 Å². The predicted octanol–water partition coefficient (Wildman–Crippen LogP) is 2.98. The fourth-order valence-corrected chi connectivity index (χ4v) is 1.62. The Labute approximate surface area is 114 Å². The Morgan fingerprint density at radius 1 is 1.45 bits per heavy atom. The van der Waals surface area contributed by atoms with Crippen molar-refractivity contribution in [2.45, 2.75) is 19.9 Å². The molecule has 1 aromatic carbocycles. The van der Waals surface area contributed by atoms with Gasteiger partial charge in [-0.25, -0.2) is 0 Å². The first-order valence-corrected chi connectivity index (χ1v) is 5.97. The monoisotopic (exact) mass is 275 g/mol. The van der Waals surface area contributed by atoms with Crippen molar-refractivity contribution in [2.75, 3.05) is 0 Å². The number of benzene rings is 1. The average molecular weight is 275 g/mol. The van der Waals surface area contributed by atoms with E-state index in [0.29, 0.717) is 12.0 Å². The Kier molecular flexibility index (Phi) is 3.79. The molecule has 0 saturated heterocycles. The lowest BCUT2D eigenvalue weighted by atomic mass is 10.2. The maximum absolute atomic E-state index is 11.0. The summed E-state index contributed by atoms with van der Waals surface area (Å²) in [6.07, 6.45) is 3.69. The lowest BCUT2D eigenvalue weighted by Crippen LogP contribution is -1.99. The van der Waals surface area contributed by atoms with Crippen LogP contribution in [0.15, 0.2) is 30.6 Å². The molecule has 0 unspecified atom stereocenters. The third-order valence-electron chi connectivity index (χ3n) is 2.65. The maximum Gasteiger partial charge on any atom is 0.312 e. The number of ether oxygens (including phenoxy) is 1. The molecule has 7 heteroatoms. The molecule has 0 spiro atoms. The van der Waals surface area contributed by atoms with Gasteiger partial charge in [0.1, 0.15) is 6.29 Å². The molecule has 20 heavy (non-hydrogen) atoms. The molecular weight excluding hydrogens is 262 g/mol. The summed E-state index contributed by atoms with van der Waals surface area (Å²) in [5, 5.41) is 15.1. The molecule has 0 saturated carbocycles. The van der Waals surface area contributed by atoms with Crippen LogP contribution in [0.25, 0.3) is 0 Å². The first-order chi connectivity index (χ1) is 9.51. The zero-order chi connectivity index (χ0) is 14.7. The van der Waals surface area contributed by atoms with Gasteiger partial charge in [0.15, 0.2) is 5.75 Å². The van der Waals surface area contributed by atoms with Gasteiger partial charge in [-0.1, -0.05) is 0 Å². The first kappa shape index (κ1) is 13.7. The van der Waals surface area contributed by atoms with Gasteiger partial charge in [-0.2, -0.15) is 5.10 Å². The van der Waals surface area contributed by atoms with E-state index in [0.717, 1.165) is 0 Å². The number of carbonyl (C=O) groups is 1. The van der Waals surface area contributed by atoms with Crippen LogP contribution in [0.4, 0.5) is 5.69 Å². The van der Waals surface area contributed by atoms with Crippen LogP contribution < -0.4 is 4.74 Å². The number of carbonyl (C=O) groups excluding carboxylic acids is 1. The molecule has 0 bridgehead atoms. The number of nitrogens with zero attached hydrogens (tertiary/aromatic N) is 3. The fraction of sp³-hybridized carbons (Fsp3) is 0.231. The van der Waals surface area contributed by atoms with Crippen LogP contribution in [0.1, 0.15) is 30.2 Å². The first-order valence-electron chi connectivity index (χ1n) is 5.97. The van der Waals surface area contributed by atoms with Crippen LogP contribution in [-0.4, -0.2) is 21.0 Å². The summed E-state index contributed by atoms with van der Waals surface area (Å²) < 4.78 is 7.14. The number of rotatable bonds is 5. The molecule has 2 aromatic rings. The van der Waals surface area contributed by atoms with Gasteiger partial charge < -0.3 is 4.74 Å². The third-order valence-corrected chi connectivity index (χ3v) is 2.65. The molecule has 0 aliphatic heterocycles. The zero-order valence-electron chi connectivity index (χ0n) is 11.0. The summed E-state index contributed by atoms with van der Waals surface area (Å²) in [5.41, 5.74) is -0.0335. The summed E-state index contributed by atoms with van der Waals surface area (Å²) in [4.78, 5) is 21.0. The van der Waals surface area contributed by atoms with Crippen LogP contribution in [-0.2, 0) is 0 Å². The van der Waals surface area contributed by atoms with E-state index in [4.69, 9.17) is 4.74 Å². The summed E-state index contributed by atoms with van der Waals surface area (Å²) in [6.45, 7) is 3.91. The molecular formula is C13H13N3O4. The van der Waals surface area contributed by atoms with E-state index in [1.165, 1.54) is 24.4 Å². The highest BCUT2D eigenvalue weighted by molar-refractivity contribution is 5.77. The topological polar surface area (TPSA) is 87.3 Å². The second kappa shape index (κ2) is 5.52. The second-order valence-corrected chi connectivity index (χ2v) is 4.45. The van der Waals surface area contributed by atoms with Gasteiger partial charge in [-0.05, 0) is 26.0 Å². The lowest BCUT2D eigenvalue weighted by Gasteiger charge is -2.05. The van der Waals surface area contributed by atoms with Crippen molar-refractivity contribution < 1.29 is 14.5 Å². The largest absolute Gasteiger partial charge is 0.447 e. The van der Waals surface area contributed by atoms with Crippen LogP contribution in [0, 0.1) is 10.1 Å². The summed E-state index contributed by atoms with van der Waals surface area (Å²) >= 11 is 0. The van der Waals surface area contributed by atoms with Crippen LogP contribution >= 0.6 is 0 Å². The standard InChI is InChI=1S/C13H13N3O4/c1-9(2)15-7-11(6-14-15)20-13-4-3-10(8-17)5-12(13)16(18)19/h3-9H,1-2H3. The molecule has 2 rings (SSSR count). The summed E-state index contributed by atoms with van der Waals surface area (Å²) in [7, 11) is 0. The molecule has 0 N–H and O–H groups in total. The van der Waals surface area contributed by atoms with Gasteiger partial charge >= 0.3 is 5.69 Å². The van der Waals surface area contributed by atoms with Gasteiger partial charge in [0.2, 0.25) is 5.75 Å². The highest BCUT2D eigenvalue weighted by Gasteiger charge is 2.17. The molecule has 0 aliphatic carbocycles. The van der Waals surface area contributed by atoms with Crippen LogP contribution in [0.3, 0.4) is 0 Å². The van der Waals surface area contributed by atoms with E-state index < -0.39 is 4.92 Å². The second-order valence-electron chi connectivity index (χ2n) is 4.45. The highest BCUT2D eigenvalue weighted by Crippen LogP contribution is 2.31. The van der Waals surface area contributed by atoms with Crippen molar-refractivity contribution in [1.29, 1.82) is 0 Å². The number of aromatic nitrogens is 2. The van der Waals surface area contributed by atoms with Crippen LogP contribution in [0.5, 0.6) is 11.5 Å². The number of hydrogen-bond acceptors (Lipinski definition) is 5. The molecule has 104 valence electrons. The number of nitro benzene ring substituents is 1. The Hall–Kier alpha value is -2.70. The number of nitro groups is 1. The van der Waals surface area contributed by atoms with Gasteiger partial charge in [-0.3, -0.25) is 19.6 Å². The third kappa shape index (κ3) is 2.82. The smallest absolute Gasteiger partial charge is 0.312 e. The number of hydrogen-bond donors (Lipinski definition) is 0. The molecule has 1 heterocycles. The molecule has 0 atom stereocenters. The molecule has 7 nitrogen and oxygen atoms in total. The summed E-state index contributed by atoms with van der Waals surface area (Å²) in [6, 6.07) is 4.20. The quantitative estimate of drug-likeness (QED) is 0.475. The Morgan fingerprint density at radius 2 is 2.20 bits per heavy atom. The molecule has 1 aromatic heterocycles. The van der Waals surface area contributed by atoms with Gasteiger partial charge in [0, 0.05) is 17.7 Å². The highest BCUT2D eigenvalue weighted by atomic mass is 16.6. The average Bonchev–Trinajstić information content (AvgIpc) is 2.87. The van der Waals surface area contributed by atoms with Gasteiger partial charge in [0.25, 0.3) is 0 Å². The Morgan fingerprint density at radius 3 is 2.75 bits per heavy atom. The predicted molar refractivity (Wildman–Crippen MR) is 71.2 cm³/mol. The van der Waals surface area contributed by atoms with Crippen molar-refractivity contribution in [1.82, 2.24) is 9.78 Å². The van der Waals surface area contributed by atoms with E-state index >= 15 is 0 Å². The minimum absolute atomic E-state index is 0.0731. The Balaban J connectivity index is 2.32. The lowest BCUT2D eigenvalue weighted by molar-refractivity contribution is -0.385. The maximum atomic E-state index is 11.0. The van der Waals surface area contributed by atoms with E-state index in [9.17, 15) is 14.9 Å². The minimum Gasteiger partial charge on any atom is -0.447 e. The van der Waals surface area contributed by atoms with E-state index in [2.05, 4.69) is 5.10 Å². The molecule has 0 fully saturated rings. The SMILES string of the molecule is CC(C)n1cc(Oc2ccc(C=O)cc2[N+](=O)[O-])cn1. The van der Waals surface area contributed by atoms with Gasteiger partial charge in [0.05, 0.1) is 17.3 Å². The van der Waals surface area contributed by atoms with Crippen LogP contribution in [0.2, 0.25) is 0 Å². The molecule has 0 radical (unpaired) electrons. The normalized spacial score (nSPS) is 10.6. The zero-order valence-corrected chi connectivity index (χ0v) is 11.0. The van der Waals surface area contributed by atoms with E-state index in [-0.39, 0.29) is 23.0 Å². The van der Waals surface area contributed by atoms with Crippen molar-refractivity contribution in [3.63, 3.8) is 0 Å². The molecule has 0 aliphatic rings. The van der Waals surface area contributed by atoms with E-state index in [1.807, 2.05) is 13.8 Å². The minimum atomic E-state index is -0.588. The summed E-state index contributed by atoms with van der Waals surface area (Å²) in [5.74, 6) is 0.476. The van der Waals surface area contributed by atoms with E-state index in [1.54, 1.807) is 10.9 Å².